The number of likely N-dealkylation sites (N-methyl/N-ethyl adjacent to an activating group) is 1. The number of carbonyl (C=O) groups excluding carboxylic acids is 1. The van der Waals surface area contributed by atoms with Gasteiger partial charge in [0, 0.05) is 36.0 Å². The zero-order chi connectivity index (χ0) is 15.1. The van der Waals surface area contributed by atoms with E-state index in [1.54, 1.807) is 11.3 Å². The molecule has 1 amide bonds. The third-order valence-corrected chi connectivity index (χ3v) is 4.39. The van der Waals surface area contributed by atoms with Crippen molar-refractivity contribution in [2.45, 2.75) is 51.7 Å². The van der Waals surface area contributed by atoms with E-state index in [-0.39, 0.29) is 18.0 Å². The van der Waals surface area contributed by atoms with E-state index in [9.17, 15) is 4.79 Å². The van der Waals surface area contributed by atoms with Gasteiger partial charge in [-0.1, -0.05) is 6.07 Å². The van der Waals surface area contributed by atoms with Crippen molar-refractivity contribution in [1.82, 2.24) is 10.2 Å². The van der Waals surface area contributed by atoms with Gasteiger partial charge in [-0.2, -0.15) is 0 Å². The van der Waals surface area contributed by atoms with E-state index in [2.05, 4.69) is 41.7 Å². The number of carbonyl (C=O) groups is 1. The van der Waals surface area contributed by atoms with E-state index in [0.717, 1.165) is 6.42 Å². The minimum absolute atomic E-state index is 0.0747. The van der Waals surface area contributed by atoms with Crippen LogP contribution in [0.4, 0.5) is 0 Å². The molecule has 0 aliphatic carbocycles. The maximum Gasteiger partial charge on any atom is 0.221 e. The van der Waals surface area contributed by atoms with Gasteiger partial charge < -0.3 is 11.1 Å². The van der Waals surface area contributed by atoms with Gasteiger partial charge in [0.1, 0.15) is 0 Å². The zero-order valence-corrected chi connectivity index (χ0v) is 13.7. The van der Waals surface area contributed by atoms with Crippen molar-refractivity contribution in [2.75, 3.05) is 13.6 Å². The van der Waals surface area contributed by atoms with Gasteiger partial charge in [-0.25, -0.2) is 0 Å². The van der Waals surface area contributed by atoms with Crippen molar-refractivity contribution in [3.05, 3.63) is 22.4 Å². The number of rotatable bonds is 8. The number of nitrogens with two attached hydrogens (primary N) is 1. The van der Waals surface area contributed by atoms with E-state index in [1.807, 2.05) is 13.8 Å². The smallest absolute Gasteiger partial charge is 0.221 e. The van der Waals surface area contributed by atoms with Crippen LogP contribution in [-0.4, -0.2) is 42.5 Å². The molecule has 0 bridgehead atoms. The first kappa shape index (κ1) is 17.1. The Kier molecular flexibility index (Phi) is 7.19. The molecular formula is C15H27N3OS. The number of hydrogen-bond donors (Lipinski definition) is 2. The second-order valence-corrected chi connectivity index (χ2v) is 6.65. The lowest BCUT2D eigenvalue weighted by molar-refractivity contribution is -0.122. The molecule has 0 radical (unpaired) electrons. The van der Waals surface area contributed by atoms with Crippen LogP contribution in [0.2, 0.25) is 0 Å². The first-order chi connectivity index (χ1) is 9.43. The van der Waals surface area contributed by atoms with Crippen LogP contribution in [0, 0.1) is 0 Å². The maximum atomic E-state index is 11.9. The Labute approximate surface area is 126 Å². The van der Waals surface area contributed by atoms with Gasteiger partial charge >= 0.3 is 0 Å². The molecule has 0 saturated carbocycles. The number of nitrogens with zero attached hydrogens (tertiary/aromatic N) is 1. The second kappa shape index (κ2) is 8.39. The SMILES string of the molecule is CC(C)NC(=O)CC(CN)N(C)C(C)Cc1cccs1. The van der Waals surface area contributed by atoms with E-state index >= 15 is 0 Å². The Balaban J connectivity index is 2.52. The van der Waals surface area contributed by atoms with Gasteiger partial charge in [-0.05, 0) is 45.7 Å². The average Bonchev–Trinajstić information content (AvgIpc) is 2.86. The lowest BCUT2D eigenvalue weighted by Gasteiger charge is -2.32. The van der Waals surface area contributed by atoms with Crippen molar-refractivity contribution in [3.8, 4) is 0 Å². The fourth-order valence-corrected chi connectivity index (χ4v) is 3.04. The minimum Gasteiger partial charge on any atom is -0.354 e. The lowest BCUT2D eigenvalue weighted by atomic mass is 10.1. The molecule has 0 saturated heterocycles. The van der Waals surface area contributed by atoms with E-state index in [0.29, 0.717) is 19.0 Å². The molecule has 2 unspecified atom stereocenters. The molecule has 1 heterocycles. The van der Waals surface area contributed by atoms with Crippen molar-refractivity contribution < 1.29 is 4.79 Å². The number of thiophene rings is 1. The predicted molar refractivity (Wildman–Crippen MR) is 86.0 cm³/mol. The number of amides is 1. The molecule has 114 valence electrons. The molecule has 0 aromatic carbocycles. The highest BCUT2D eigenvalue weighted by Crippen LogP contribution is 2.15. The van der Waals surface area contributed by atoms with Gasteiger partial charge in [-0.15, -0.1) is 11.3 Å². The van der Waals surface area contributed by atoms with Crippen LogP contribution in [0.3, 0.4) is 0 Å². The Morgan fingerprint density at radius 2 is 2.15 bits per heavy atom. The Morgan fingerprint density at radius 1 is 1.45 bits per heavy atom. The highest BCUT2D eigenvalue weighted by Gasteiger charge is 2.22. The average molecular weight is 297 g/mol. The highest BCUT2D eigenvalue weighted by atomic mass is 32.1. The van der Waals surface area contributed by atoms with E-state index < -0.39 is 0 Å². The molecule has 5 heteroatoms. The van der Waals surface area contributed by atoms with Crippen molar-refractivity contribution >= 4 is 17.2 Å². The molecule has 4 nitrogen and oxygen atoms in total. The second-order valence-electron chi connectivity index (χ2n) is 5.61. The first-order valence-corrected chi connectivity index (χ1v) is 8.05. The molecule has 0 spiro atoms. The summed E-state index contributed by atoms with van der Waals surface area (Å²) in [5.74, 6) is 0.0747. The van der Waals surface area contributed by atoms with E-state index in [4.69, 9.17) is 5.73 Å². The number of nitrogens with one attached hydrogen (secondary N) is 1. The van der Waals surface area contributed by atoms with Gasteiger partial charge in [0.2, 0.25) is 5.91 Å². The van der Waals surface area contributed by atoms with Crippen LogP contribution < -0.4 is 11.1 Å². The molecule has 20 heavy (non-hydrogen) atoms. The normalized spacial score (nSPS) is 14.6. The monoisotopic (exact) mass is 297 g/mol. The summed E-state index contributed by atoms with van der Waals surface area (Å²) in [5, 5.41) is 5.02. The molecule has 2 atom stereocenters. The maximum absolute atomic E-state index is 11.9. The third-order valence-electron chi connectivity index (χ3n) is 3.49. The van der Waals surface area contributed by atoms with Gasteiger partial charge in [0.15, 0.2) is 0 Å². The molecule has 0 aliphatic rings. The molecule has 0 fully saturated rings. The van der Waals surface area contributed by atoms with Crippen molar-refractivity contribution in [2.24, 2.45) is 5.73 Å². The van der Waals surface area contributed by atoms with E-state index in [1.165, 1.54) is 4.88 Å². The Hall–Kier alpha value is -0.910. The van der Waals surface area contributed by atoms with Crippen LogP contribution in [0.5, 0.6) is 0 Å². The van der Waals surface area contributed by atoms with Crippen molar-refractivity contribution in [3.63, 3.8) is 0 Å². The lowest BCUT2D eigenvalue weighted by Crippen LogP contribution is -2.47. The molecular weight excluding hydrogens is 270 g/mol. The number of hydrogen-bond acceptors (Lipinski definition) is 4. The Bertz CT molecular complexity index is 392. The molecule has 0 aliphatic heterocycles. The van der Waals surface area contributed by atoms with Crippen LogP contribution in [-0.2, 0) is 11.2 Å². The molecule has 1 aromatic rings. The van der Waals surface area contributed by atoms with Crippen LogP contribution in [0.15, 0.2) is 17.5 Å². The summed E-state index contributed by atoms with van der Waals surface area (Å²) in [4.78, 5) is 15.5. The third kappa shape index (κ3) is 5.61. The summed E-state index contributed by atoms with van der Waals surface area (Å²) in [6.45, 7) is 6.62. The fourth-order valence-electron chi connectivity index (χ4n) is 2.21. The Morgan fingerprint density at radius 3 is 2.65 bits per heavy atom. The summed E-state index contributed by atoms with van der Waals surface area (Å²) < 4.78 is 0. The summed E-state index contributed by atoms with van der Waals surface area (Å²) in [6.07, 6.45) is 1.45. The predicted octanol–water partition coefficient (Wildman–Crippen LogP) is 1.85. The van der Waals surface area contributed by atoms with Crippen LogP contribution >= 0.6 is 11.3 Å². The van der Waals surface area contributed by atoms with Crippen molar-refractivity contribution in [1.29, 1.82) is 0 Å². The van der Waals surface area contributed by atoms with Gasteiger partial charge in [-0.3, -0.25) is 9.69 Å². The van der Waals surface area contributed by atoms with Gasteiger partial charge in [0.25, 0.3) is 0 Å². The summed E-state index contributed by atoms with van der Waals surface area (Å²) in [7, 11) is 2.05. The first-order valence-electron chi connectivity index (χ1n) is 7.17. The molecule has 3 N–H and O–H groups in total. The summed E-state index contributed by atoms with van der Waals surface area (Å²) in [5.41, 5.74) is 5.84. The standard InChI is InChI=1S/C15H27N3OS/c1-11(2)17-15(19)9-13(10-16)18(4)12(3)8-14-6-5-7-20-14/h5-7,11-13H,8-10,16H2,1-4H3,(H,17,19). The zero-order valence-electron chi connectivity index (χ0n) is 12.9. The quantitative estimate of drug-likeness (QED) is 0.770. The van der Waals surface area contributed by atoms with Crippen LogP contribution in [0.25, 0.3) is 0 Å². The van der Waals surface area contributed by atoms with Crippen LogP contribution in [0.1, 0.15) is 32.1 Å². The summed E-state index contributed by atoms with van der Waals surface area (Å²) in [6, 6.07) is 4.86. The topological polar surface area (TPSA) is 58.4 Å². The minimum atomic E-state index is 0.0747. The molecule has 1 rings (SSSR count). The highest BCUT2D eigenvalue weighted by molar-refractivity contribution is 7.09. The fraction of sp³-hybridized carbons (Fsp3) is 0.667. The molecule has 1 aromatic heterocycles. The van der Waals surface area contributed by atoms with Gasteiger partial charge in [0.05, 0.1) is 0 Å². The summed E-state index contributed by atoms with van der Waals surface area (Å²) >= 11 is 1.77. The largest absolute Gasteiger partial charge is 0.354 e.